The van der Waals surface area contributed by atoms with Crippen molar-refractivity contribution in [1.29, 1.82) is 5.26 Å². The first-order valence-corrected chi connectivity index (χ1v) is 10.9. The average molecular weight is 340 g/mol. The van der Waals surface area contributed by atoms with Gasteiger partial charge in [-0.25, -0.2) is 3.89 Å². The third kappa shape index (κ3) is 9.62. The monoisotopic (exact) mass is 339 g/mol. The standard InChI is InChI=1S/C20H39N2S/c1-3-4-5-6-7-8-9-10-11-12-13-14-16-22(23-19-21)17-15-20(2)18-22/h20H,3-18H2,1-2H3/q+1. The Labute approximate surface area is 149 Å². The minimum atomic E-state index is 0.799. The fourth-order valence-corrected chi connectivity index (χ4v) is 4.78. The maximum Gasteiger partial charge on any atom is 0.196 e. The number of thiocyanates is 1. The molecule has 1 aliphatic heterocycles. The molecule has 0 aliphatic carbocycles. The van der Waals surface area contributed by atoms with Gasteiger partial charge in [-0.1, -0.05) is 78.1 Å². The molecule has 0 bridgehead atoms. The van der Waals surface area contributed by atoms with E-state index in [-0.39, 0.29) is 0 Å². The minimum Gasteiger partial charge on any atom is -0.248 e. The van der Waals surface area contributed by atoms with E-state index in [1.54, 1.807) is 0 Å². The predicted molar refractivity (Wildman–Crippen MR) is 103 cm³/mol. The first kappa shape index (κ1) is 20.8. The SMILES string of the molecule is CCCCCCCCCCCCCC[N+]1(SC#N)CCC(C)C1. The van der Waals surface area contributed by atoms with Crippen LogP contribution in [0.1, 0.15) is 97.3 Å². The van der Waals surface area contributed by atoms with E-state index in [1.165, 1.54) is 115 Å². The summed E-state index contributed by atoms with van der Waals surface area (Å²) in [5.41, 5.74) is 0. The van der Waals surface area contributed by atoms with Crippen molar-refractivity contribution in [2.24, 2.45) is 5.92 Å². The van der Waals surface area contributed by atoms with Crippen molar-refractivity contribution in [1.82, 2.24) is 0 Å². The molecule has 0 aromatic rings. The summed E-state index contributed by atoms with van der Waals surface area (Å²) in [7, 11) is 0. The summed E-state index contributed by atoms with van der Waals surface area (Å²) in [4.78, 5) is 0. The zero-order valence-electron chi connectivity index (χ0n) is 15.7. The highest BCUT2D eigenvalue weighted by Crippen LogP contribution is 2.33. The quantitative estimate of drug-likeness (QED) is 0.153. The van der Waals surface area contributed by atoms with Gasteiger partial charge >= 0.3 is 0 Å². The summed E-state index contributed by atoms with van der Waals surface area (Å²) in [6, 6.07) is 0. The molecule has 0 N–H and O–H groups in total. The van der Waals surface area contributed by atoms with Crippen LogP contribution in [0.5, 0.6) is 0 Å². The lowest BCUT2D eigenvalue weighted by molar-refractivity contribution is -0.782. The molecule has 2 atom stereocenters. The molecule has 134 valence electrons. The van der Waals surface area contributed by atoms with Crippen molar-refractivity contribution in [3.63, 3.8) is 0 Å². The lowest BCUT2D eigenvalue weighted by atomic mass is 10.1. The van der Waals surface area contributed by atoms with Crippen molar-refractivity contribution in [2.45, 2.75) is 97.3 Å². The normalized spacial score (nSPS) is 24.0. The summed E-state index contributed by atoms with van der Waals surface area (Å²) in [5.74, 6) is 0.799. The second-order valence-corrected chi connectivity index (χ2v) is 8.79. The molecule has 2 unspecified atom stereocenters. The van der Waals surface area contributed by atoms with Crippen LogP contribution >= 0.6 is 11.9 Å². The molecule has 1 saturated heterocycles. The van der Waals surface area contributed by atoms with Gasteiger partial charge in [-0.05, 0) is 12.8 Å². The van der Waals surface area contributed by atoms with Gasteiger partial charge < -0.3 is 0 Å². The van der Waals surface area contributed by atoms with Crippen LogP contribution < -0.4 is 0 Å². The molecule has 3 heteroatoms. The molecule has 1 aliphatic rings. The van der Waals surface area contributed by atoms with E-state index >= 15 is 0 Å². The topological polar surface area (TPSA) is 23.8 Å². The minimum absolute atomic E-state index is 0.799. The second kappa shape index (κ2) is 13.1. The Morgan fingerprint density at radius 1 is 0.913 bits per heavy atom. The van der Waals surface area contributed by atoms with Crippen LogP contribution in [0.25, 0.3) is 0 Å². The Morgan fingerprint density at radius 2 is 1.43 bits per heavy atom. The molecule has 1 fully saturated rings. The fraction of sp³-hybridized carbons (Fsp3) is 0.950. The lowest BCUT2D eigenvalue weighted by Gasteiger charge is -2.28. The van der Waals surface area contributed by atoms with Crippen LogP contribution in [-0.4, -0.2) is 23.5 Å². The maximum absolute atomic E-state index is 9.07. The third-order valence-corrected chi connectivity index (χ3v) is 6.31. The van der Waals surface area contributed by atoms with Gasteiger partial charge in [0.2, 0.25) is 0 Å². The molecule has 23 heavy (non-hydrogen) atoms. The zero-order chi connectivity index (χ0) is 16.8. The Morgan fingerprint density at radius 3 is 1.87 bits per heavy atom. The van der Waals surface area contributed by atoms with Crippen molar-refractivity contribution < 1.29 is 3.89 Å². The summed E-state index contributed by atoms with van der Waals surface area (Å²) < 4.78 is 1.01. The van der Waals surface area contributed by atoms with Gasteiger partial charge in [0, 0.05) is 12.3 Å². The van der Waals surface area contributed by atoms with E-state index in [2.05, 4.69) is 19.2 Å². The first-order chi connectivity index (χ1) is 11.2. The highest BCUT2D eigenvalue weighted by atomic mass is 32.2. The molecular formula is C20H39N2S+. The molecule has 1 heterocycles. The van der Waals surface area contributed by atoms with Gasteiger partial charge in [-0.15, -0.1) is 0 Å². The van der Waals surface area contributed by atoms with Gasteiger partial charge in [-0.3, -0.25) is 0 Å². The Kier molecular flexibility index (Phi) is 11.9. The molecule has 0 radical (unpaired) electrons. The number of unbranched alkanes of at least 4 members (excludes halogenated alkanes) is 11. The van der Waals surface area contributed by atoms with Gasteiger partial charge in [0.15, 0.2) is 17.3 Å². The number of rotatable bonds is 14. The van der Waals surface area contributed by atoms with Crippen LogP contribution in [-0.2, 0) is 0 Å². The van der Waals surface area contributed by atoms with Gasteiger partial charge in [-0.2, -0.15) is 5.26 Å². The van der Waals surface area contributed by atoms with E-state index in [0.717, 1.165) is 9.81 Å². The van der Waals surface area contributed by atoms with Gasteiger partial charge in [0.25, 0.3) is 0 Å². The molecule has 2 nitrogen and oxygen atoms in total. The van der Waals surface area contributed by atoms with Crippen molar-refractivity contribution in [3.05, 3.63) is 0 Å². The predicted octanol–water partition coefficient (Wildman–Crippen LogP) is 6.67. The largest absolute Gasteiger partial charge is 0.248 e. The van der Waals surface area contributed by atoms with E-state index in [0.29, 0.717) is 0 Å². The highest BCUT2D eigenvalue weighted by molar-refractivity contribution is 7.98. The van der Waals surface area contributed by atoms with Crippen LogP contribution in [0.15, 0.2) is 0 Å². The number of hydrogen-bond acceptors (Lipinski definition) is 2. The Bertz CT molecular complexity index is 326. The van der Waals surface area contributed by atoms with Crippen LogP contribution in [0, 0.1) is 16.6 Å². The van der Waals surface area contributed by atoms with Crippen molar-refractivity contribution >= 4 is 11.9 Å². The summed E-state index contributed by atoms with van der Waals surface area (Å²) in [5, 5.41) is 11.4. The fourth-order valence-electron chi connectivity index (χ4n) is 3.87. The average Bonchev–Trinajstić information content (AvgIpc) is 2.90. The van der Waals surface area contributed by atoms with Crippen molar-refractivity contribution in [3.8, 4) is 5.40 Å². The van der Waals surface area contributed by atoms with Gasteiger partial charge in [0.05, 0.1) is 19.6 Å². The number of nitriles is 1. The molecule has 0 amide bonds. The maximum atomic E-state index is 9.07. The van der Waals surface area contributed by atoms with E-state index < -0.39 is 0 Å². The summed E-state index contributed by atoms with van der Waals surface area (Å²) in [6.07, 6.45) is 18.2. The molecular weight excluding hydrogens is 300 g/mol. The molecule has 0 aromatic carbocycles. The van der Waals surface area contributed by atoms with Crippen LogP contribution in [0.2, 0.25) is 0 Å². The van der Waals surface area contributed by atoms with E-state index in [9.17, 15) is 0 Å². The number of hydrogen-bond donors (Lipinski definition) is 0. The Hall–Kier alpha value is -0.200. The smallest absolute Gasteiger partial charge is 0.196 e. The highest BCUT2D eigenvalue weighted by Gasteiger charge is 2.37. The first-order valence-electron chi connectivity index (χ1n) is 10.2. The molecule has 0 saturated carbocycles. The zero-order valence-corrected chi connectivity index (χ0v) is 16.5. The lowest BCUT2D eigenvalue weighted by Crippen LogP contribution is -2.39. The van der Waals surface area contributed by atoms with E-state index in [4.69, 9.17) is 5.26 Å². The van der Waals surface area contributed by atoms with Crippen molar-refractivity contribution in [2.75, 3.05) is 19.6 Å². The third-order valence-electron chi connectivity index (χ3n) is 5.33. The molecule has 1 rings (SSSR count). The Balaban J connectivity index is 1.92. The number of quaternary nitrogens is 1. The second-order valence-electron chi connectivity index (χ2n) is 7.65. The number of nitrogens with zero attached hydrogens (tertiary/aromatic N) is 2. The van der Waals surface area contributed by atoms with Crippen LogP contribution in [0.3, 0.4) is 0 Å². The molecule has 0 spiro atoms. The van der Waals surface area contributed by atoms with Gasteiger partial charge in [0.1, 0.15) is 0 Å². The summed E-state index contributed by atoms with van der Waals surface area (Å²) >= 11 is 1.52. The molecule has 0 aromatic heterocycles. The van der Waals surface area contributed by atoms with Crippen LogP contribution in [0.4, 0.5) is 0 Å². The summed E-state index contributed by atoms with van der Waals surface area (Å²) in [6.45, 7) is 8.24. The van der Waals surface area contributed by atoms with E-state index in [1.807, 2.05) is 0 Å². The number of likely N-dealkylation sites (tertiary alicyclic amines) is 1.